The normalized spacial score (nSPS) is 10.3. The monoisotopic (exact) mass is 338 g/mol. The summed E-state index contributed by atoms with van der Waals surface area (Å²) in [4.78, 5) is 19.0. The van der Waals surface area contributed by atoms with E-state index in [2.05, 4.69) is 21.8 Å². The molecule has 0 saturated heterocycles. The molecule has 0 fully saturated rings. The summed E-state index contributed by atoms with van der Waals surface area (Å²) in [6.07, 6.45) is 1.62. The van der Waals surface area contributed by atoms with Crippen LogP contribution >= 0.6 is 0 Å². The molecule has 0 amide bonds. The van der Waals surface area contributed by atoms with E-state index in [-0.39, 0.29) is 5.56 Å². The van der Waals surface area contributed by atoms with Crippen molar-refractivity contribution >= 4 is 17.0 Å². The van der Waals surface area contributed by atoms with Crippen molar-refractivity contribution in [2.75, 3.05) is 0 Å². The van der Waals surface area contributed by atoms with Crippen LogP contribution in [0.3, 0.4) is 0 Å². The molecule has 0 spiro atoms. The number of benzene rings is 3. The predicted molar refractivity (Wildman–Crippen MR) is 101 cm³/mol. The van der Waals surface area contributed by atoms with Crippen molar-refractivity contribution in [3.05, 3.63) is 89.7 Å². The number of hydrogen-bond acceptors (Lipinski definition) is 2. The summed E-state index contributed by atoms with van der Waals surface area (Å²) in [6.45, 7) is 0. The van der Waals surface area contributed by atoms with E-state index < -0.39 is 5.97 Å². The number of aromatic nitrogens is 2. The topological polar surface area (TPSA) is 66.0 Å². The van der Waals surface area contributed by atoms with Crippen LogP contribution in [-0.4, -0.2) is 21.0 Å². The zero-order valence-corrected chi connectivity index (χ0v) is 13.7. The number of carboxylic acid groups (broad SMARTS) is 1. The molecule has 4 nitrogen and oxygen atoms in total. The highest BCUT2D eigenvalue weighted by molar-refractivity contribution is 5.99. The lowest BCUT2D eigenvalue weighted by Crippen LogP contribution is -2.01. The Morgan fingerprint density at radius 2 is 1.81 bits per heavy atom. The highest BCUT2D eigenvalue weighted by Crippen LogP contribution is 2.29. The molecule has 26 heavy (non-hydrogen) atoms. The number of imidazole rings is 1. The SMILES string of the molecule is O=C(O)c1cccc(C#Cc2ccccc2)c1-c1ccc2nc[nH]c2c1. The lowest BCUT2D eigenvalue weighted by Gasteiger charge is -2.09. The molecule has 4 rings (SSSR count). The number of nitrogens with zero attached hydrogens (tertiary/aromatic N) is 1. The van der Waals surface area contributed by atoms with Gasteiger partial charge in [-0.15, -0.1) is 0 Å². The van der Waals surface area contributed by atoms with E-state index >= 15 is 0 Å². The maximum Gasteiger partial charge on any atom is 0.336 e. The van der Waals surface area contributed by atoms with Crippen molar-refractivity contribution in [1.82, 2.24) is 9.97 Å². The van der Waals surface area contributed by atoms with E-state index in [9.17, 15) is 9.90 Å². The van der Waals surface area contributed by atoms with E-state index in [0.717, 1.165) is 22.2 Å². The van der Waals surface area contributed by atoms with Gasteiger partial charge in [-0.05, 0) is 42.0 Å². The Morgan fingerprint density at radius 1 is 0.962 bits per heavy atom. The number of aromatic amines is 1. The summed E-state index contributed by atoms with van der Waals surface area (Å²) in [6, 6.07) is 20.4. The first-order valence-corrected chi connectivity index (χ1v) is 8.09. The van der Waals surface area contributed by atoms with E-state index in [1.807, 2.05) is 54.6 Å². The summed E-state index contributed by atoms with van der Waals surface area (Å²) in [5, 5.41) is 9.64. The largest absolute Gasteiger partial charge is 0.478 e. The fourth-order valence-electron chi connectivity index (χ4n) is 2.90. The van der Waals surface area contributed by atoms with Crippen LogP contribution in [-0.2, 0) is 0 Å². The maximum atomic E-state index is 11.8. The highest BCUT2D eigenvalue weighted by atomic mass is 16.4. The minimum atomic E-state index is -0.979. The van der Waals surface area contributed by atoms with Crippen LogP contribution in [0.1, 0.15) is 21.5 Å². The molecular weight excluding hydrogens is 324 g/mol. The number of fused-ring (bicyclic) bond motifs is 1. The summed E-state index contributed by atoms with van der Waals surface area (Å²) < 4.78 is 0. The van der Waals surface area contributed by atoms with E-state index in [0.29, 0.717) is 11.1 Å². The quantitative estimate of drug-likeness (QED) is 0.535. The van der Waals surface area contributed by atoms with Gasteiger partial charge in [0.1, 0.15) is 0 Å². The van der Waals surface area contributed by atoms with Crippen molar-refractivity contribution in [3.8, 4) is 23.0 Å². The van der Waals surface area contributed by atoms with Crippen LogP contribution in [0.4, 0.5) is 0 Å². The van der Waals surface area contributed by atoms with Crippen LogP contribution in [0, 0.1) is 11.8 Å². The standard InChI is InChI=1S/C22H14N2O2/c25-22(26)18-8-4-7-16(10-9-15-5-2-1-3-6-15)21(18)17-11-12-19-20(13-17)24-14-23-19/h1-8,11-14H,(H,23,24)(H,25,26). The third-order valence-electron chi connectivity index (χ3n) is 4.12. The predicted octanol–water partition coefficient (Wildman–Crippen LogP) is 4.33. The lowest BCUT2D eigenvalue weighted by molar-refractivity contribution is 0.0697. The molecule has 0 aliphatic carbocycles. The van der Waals surface area contributed by atoms with Crippen LogP contribution in [0.25, 0.3) is 22.2 Å². The smallest absolute Gasteiger partial charge is 0.336 e. The van der Waals surface area contributed by atoms with Crippen LogP contribution in [0.5, 0.6) is 0 Å². The van der Waals surface area contributed by atoms with Gasteiger partial charge in [0.2, 0.25) is 0 Å². The second-order valence-electron chi connectivity index (χ2n) is 5.78. The van der Waals surface area contributed by atoms with E-state index in [1.54, 1.807) is 18.5 Å². The average molecular weight is 338 g/mol. The third-order valence-corrected chi connectivity index (χ3v) is 4.12. The molecule has 0 aliphatic heterocycles. The lowest BCUT2D eigenvalue weighted by atomic mass is 9.94. The second kappa shape index (κ2) is 6.58. The van der Waals surface area contributed by atoms with Gasteiger partial charge in [0.05, 0.1) is 22.9 Å². The Labute approximate surface area is 150 Å². The molecule has 4 aromatic rings. The second-order valence-corrected chi connectivity index (χ2v) is 5.78. The first kappa shape index (κ1) is 15.7. The number of carbonyl (C=O) groups is 1. The minimum Gasteiger partial charge on any atom is -0.478 e. The van der Waals surface area contributed by atoms with Gasteiger partial charge < -0.3 is 10.1 Å². The van der Waals surface area contributed by atoms with Gasteiger partial charge >= 0.3 is 5.97 Å². The van der Waals surface area contributed by atoms with Gasteiger partial charge in [0, 0.05) is 16.7 Å². The van der Waals surface area contributed by atoms with Gasteiger partial charge in [0.25, 0.3) is 0 Å². The van der Waals surface area contributed by atoms with Crippen molar-refractivity contribution in [1.29, 1.82) is 0 Å². The molecule has 124 valence electrons. The Balaban J connectivity index is 1.91. The van der Waals surface area contributed by atoms with Crippen molar-refractivity contribution in [2.24, 2.45) is 0 Å². The average Bonchev–Trinajstić information content (AvgIpc) is 3.14. The summed E-state index contributed by atoms with van der Waals surface area (Å²) >= 11 is 0. The molecule has 0 atom stereocenters. The van der Waals surface area contributed by atoms with Crippen LogP contribution in [0.15, 0.2) is 73.1 Å². The van der Waals surface area contributed by atoms with Crippen molar-refractivity contribution < 1.29 is 9.90 Å². The number of H-pyrrole nitrogens is 1. The molecule has 3 aromatic carbocycles. The van der Waals surface area contributed by atoms with Crippen LogP contribution < -0.4 is 0 Å². The van der Waals surface area contributed by atoms with Gasteiger partial charge in [-0.25, -0.2) is 9.78 Å². The molecular formula is C22H14N2O2. The summed E-state index contributed by atoms with van der Waals surface area (Å²) in [5.41, 5.74) is 4.86. The first-order valence-electron chi connectivity index (χ1n) is 8.09. The van der Waals surface area contributed by atoms with E-state index in [4.69, 9.17) is 0 Å². The Hall–Kier alpha value is -3.84. The number of rotatable bonds is 2. The van der Waals surface area contributed by atoms with Gasteiger partial charge in [-0.2, -0.15) is 0 Å². The third kappa shape index (κ3) is 2.94. The van der Waals surface area contributed by atoms with Crippen molar-refractivity contribution in [3.63, 3.8) is 0 Å². The van der Waals surface area contributed by atoms with Gasteiger partial charge in [0.15, 0.2) is 0 Å². The number of aromatic carboxylic acids is 1. The number of hydrogen-bond donors (Lipinski definition) is 2. The van der Waals surface area contributed by atoms with Crippen molar-refractivity contribution in [2.45, 2.75) is 0 Å². The molecule has 1 heterocycles. The van der Waals surface area contributed by atoms with E-state index in [1.165, 1.54) is 0 Å². The number of nitrogens with one attached hydrogen (secondary N) is 1. The minimum absolute atomic E-state index is 0.226. The summed E-state index contributed by atoms with van der Waals surface area (Å²) in [7, 11) is 0. The number of carboxylic acids is 1. The van der Waals surface area contributed by atoms with Crippen LogP contribution in [0.2, 0.25) is 0 Å². The first-order chi connectivity index (χ1) is 12.7. The van der Waals surface area contributed by atoms with Gasteiger partial charge in [-0.1, -0.05) is 42.2 Å². The molecule has 0 unspecified atom stereocenters. The fourth-order valence-corrected chi connectivity index (χ4v) is 2.90. The molecule has 2 N–H and O–H groups in total. The van der Waals surface area contributed by atoms with Gasteiger partial charge in [-0.3, -0.25) is 0 Å². The molecule has 1 aromatic heterocycles. The highest BCUT2D eigenvalue weighted by Gasteiger charge is 2.15. The molecule has 4 heteroatoms. The molecule has 0 radical (unpaired) electrons. The Bertz CT molecular complexity index is 1160. The fraction of sp³-hybridized carbons (Fsp3) is 0. The Morgan fingerprint density at radius 3 is 2.62 bits per heavy atom. The molecule has 0 saturated carbocycles. The zero-order valence-electron chi connectivity index (χ0n) is 13.7. The summed E-state index contributed by atoms with van der Waals surface area (Å²) in [5.74, 6) is 5.25. The molecule has 0 aliphatic rings. The zero-order chi connectivity index (χ0) is 17.9. The Kier molecular flexibility index (Phi) is 3.97. The maximum absolute atomic E-state index is 11.8. The molecule has 0 bridgehead atoms.